The van der Waals surface area contributed by atoms with E-state index in [1.165, 1.54) is 18.4 Å². The van der Waals surface area contributed by atoms with Crippen LogP contribution >= 0.6 is 22.9 Å². The van der Waals surface area contributed by atoms with E-state index in [1.54, 1.807) is 12.3 Å². The molecule has 2 aromatic rings. The molecule has 0 fully saturated rings. The van der Waals surface area contributed by atoms with E-state index in [4.69, 9.17) is 11.6 Å². The number of amidine groups is 1. The van der Waals surface area contributed by atoms with Gasteiger partial charge in [-0.25, -0.2) is 4.98 Å². The Morgan fingerprint density at radius 1 is 1.46 bits per heavy atom. The third kappa shape index (κ3) is 4.39. The Kier molecular flexibility index (Phi) is 6.45. The number of pyridine rings is 1. The summed E-state index contributed by atoms with van der Waals surface area (Å²) in [5.74, 6) is 0.271. The first-order chi connectivity index (χ1) is 11.6. The third-order valence-electron chi connectivity index (χ3n) is 3.25. The molecule has 0 aromatic carbocycles. The van der Waals surface area contributed by atoms with Crippen LogP contribution in [0.5, 0.6) is 0 Å². The molecule has 0 radical (unpaired) electrons. The van der Waals surface area contributed by atoms with Gasteiger partial charge in [0.1, 0.15) is 5.15 Å². The normalized spacial score (nSPS) is 12.7. The van der Waals surface area contributed by atoms with Crippen LogP contribution < -0.4 is 5.32 Å². The van der Waals surface area contributed by atoms with E-state index < -0.39 is 0 Å². The van der Waals surface area contributed by atoms with E-state index in [0.29, 0.717) is 23.7 Å². The summed E-state index contributed by atoms with van der Waals surface area (Å²) in [7, 11) is 1.54. The zero-order valence-electron chi connectivity index (χ0n) is 13.3. The van der Waals surface area contributed by atoms with Crippen molar-refractivity contribution < 1.29 is 4.92 Å². The Morgan fingerprint density at radius 3 is 2.75 bits per heavy atom. The van der Waals surface area contributed by atoms with E-state index in [0.717, 1.165) is 10.4 Å². The summed E-state index contributed by atoms with van der Waals surface area (Å²) in [6, 6.07) is 7.23. The quantitative estimate of drug-likeness (QED) is 0.279. The molecule has 0 bridgehead atoms. The Labute approximate surface area is 149 Å². The fourth-order valence-corrected chi connectivity index (χ4v) is 3.11. The van der Waals surface area contributed by atoms with Gasteiger partial charge in [0.05, 0.1) is 10.5 Å². The number of aromatic nitrogens is 1. The first-order valence-electron chi connectivity index (χ1n) is 7.29. The van der Waals surface area contributed by atoms with Crippen molar-refractivity contribution in [2.75, 3.05) is 13.6 Å². The number of nitro groups is 1. The average molecular weight is 365 g/mol. The lowest BCUT2D eigenvalue weighted by molar-refractivity contribution is -0.414. The molecular formula is C16H17ClN4O2S. The summed E-state index contributed by atoms with van der Waals surface area (Å²) < 4.78 is 0. The highest BCUT2D eigenvalue weighted by atomic mass is 35.5. The van der Waals surface area contributed by atoms with Crippen molar-refractivity contribution in [3.8, 4) is 0 Å². The van der Waals surface area contributed by atoms with Gasteiger partial charge in [0.25, 0.3) is 0 Å². The van der Waals surface area contributed by atoms with Crippen LogP contribution in [0.3, 0.4) is 0 Å². The number of nitrogens with zero attached hydrogens (tertiary/aromatic N) is 3. The summed E-state index contributed by atoms with van der Waals surface area (Å²) in [5, 5.41) is 17.0. The third-order valence-corrected chi connectivity index (χ3v) is 4.40. The highest BCUT2D eigenvalue weighted by Gasteiger charge is 2.26. The van der Waals surface area contributed by atoms with Crippen molar-refractivity contribution in [3.05, 3.63) is 67.2 Å². The van der Waals surface area contributed by atoms with Crippen molar-refractivity contribution >= 4 is 34.3 Å². The van der Waals surface area contributed by atoms with Gasteiger partial charge in [-0.1, -0.05) is 23.7 Å². The SMILES string of the molecule is CCNC(=NC)C(=C(Cc1ccc(Cl)nc1)c1cccs1)[N+](=O)[O-]. The van der Waals surface area contributed by atoms with Crippen LogP contribution in [0.2, 0.25) is 5.15 Å². The minimum absolute atomic E-state index is 0.0169. The van der Waals surface area contributed by atoms with Crippen LogP contribution in [0.25, 0.3) is 5.57 Å². The van der Waals surface area contributed by atoms with Crippen LogP contribution in [0.1, 0.15) is 17.4 Å². The molecule has 2 aromatic heterocycles. The number of hydrogen-bond acceptors (Lipinski definition) is 5. The highest BCUT2D eigenvalue weighted by molar-refractivity contribution is 7.11. The molecule has 0 unspecified atom stereocenters. The standard InChI is InChI=1S/C16H17ClN4O2S/c1-3-19-16(18-2)15(21(22)23)12(13-5-4-8-24-13)9-11-6-7-14(17)20-10-11/h4-8,10H,3,9H2,1-2H3,(H,18,19). The smallest absolute Gasteiger partial charge is 0.315 e. The zero-order valence-corrected chi connectivity index (χ0v) is 14.9. The van der Waals surface area contributed by atoms with Crippen LogP contribution in [-0.2, 0) is 6.42 Å². The molecule has 1 N–H and O–H groups in total. The fraction of sp³-hybridized carbons (Fsp3) is 0.250. The lowest BCUT2D eigenvalue weighted by atomic mass is 10.0. The van der Waals surface area contributed by atoms with Crippen LogP contribution in [-0.4, -0.2) is 29.3 Å². The molecule has 2 rings (SSSR count). The summed E-state index contributed by atoms with van der Waals surface area (Å²) in [5.41, 5.74) is 1.42. The zero-order chi connectivity index (χ0) is 17.5. The van der Waals surface area contributed by atoms with Crippen LogP contribution in [0, 0.1) is 10.1 Å². The summed E-state index contributed by atoms with van der Waals surface area (Å²) in [6.07, 6.45) is 1.99. The molecule has 0 aliphatic rings. The van der Waals surface area contributed by atoms with E-state index in [9.17, 15) is 10.1 Å². The number of allylic oxidation sites excluding steroid dienone is 1. The second kappa shape index (κ2) is 8.56. The lowest BCUT2D eigenvalue weighted by Gasteiger charge is -2.11. The molecule has 0 aliphatic heterocycles. The number of thiophene rings is 1. The molecule has 0 spiro atoms. The van der Waals surface area contributed by atoms with Gasteiger partial charge in [-0.2, -0.15) is 0 Å². The lowest BCUT2D eigenvalue weighted by Crippen LogP contribution is -2.29. The van der Waals surface area contributed by atoms with Gasteiger partial charge >= 0.3 is 5.70 Å². The van der Waals surface area contributed by atoms with Gasteiger partial charge in [-0.3, -0.25) is 15.1 Å². The Bertz CT molecular complexity index is 755. The molecule has 0 saturated carbocycles. The molecule has 0 atom stereocenters. The molecule has 24 heavy (non-hydrogen) atoms. The Hall–Kier alpha value is -2.25. The van der Waals surface area contributed by atoms with Gasteiger partial charge in [0.2, 0.25) is 5.84 Å². The van der Waals surface area contributed by atoms with Crippen molar-refractivity contribution in [2.45, 2.75) is 13.3 Å². The Balaban J connectivity index is 2.57. The van der Waals surface area contributed by atoms with Crippen LogP contribution in [0.4, 0.5) is 0 Å². The van der Waals surface area contributed by atoms with E-state index >= 15 is 0 Å². The number of likely N-dealkylation sites (N-methyl/N-ethyl adjacent to an activating group) is 1. The summed E-state index contributed by atoms with van der Waals surface area (Å²) >= 11 is 7.27. The largest absolute Gasteiger partial charge is 0.365 e. The second-order valence-corrected chi connectivity index (χ2v) is 6.17. The molecule has 8 heteroatoms. The van der Waals surface area contributed by atoms with Gasteiger partial charge in [-0.15, -0.1) is 11.3 Å². The van der Waals surface area contributed by atoms with E-state index in [-0.39, 0.29) is 16.5 Å². The second-order valence-electron chi connectivity index (χ2n) is 4.83. The molecule has 126 valence electrons. The maximum atomic E-state index is 11.8. The highest BCUT2D eigenvalue weighted by Crippen LogP contribution is 2.28. The summed E-state index contributed by atoms with van der Waals surface area (Å²) in [6.45, 7) is 2.42. The van der Waals surface area contributed by atoms with E-state index in [1.807, 2.05) is 30.5 Å². The predicted molar refractivity (Wildman–Crippen MR) is 98.2 cm³/mol. The van der Waals surface area contributed by atoms with Gasteiger partial charge < -0.3 is 5.32 Å². The maximum Gasteiger partial charge on any atom is 0.315 e. The molecule has 6 nitrogen and oxygen atoms in total. The number of nitrogens with one attached hydrogen (secondary N) is 1. The molecule has 0 aliphatic carbocycles. The van der Waals surface area contributed by atoms with E-state index in [2.05, 4.69) is 15.3 Å². The Morgan fingerprint density at radius 2 is 2.25 bits per heavy atom. The minimum Gasteiger partial charge on any atom is -0.365 e. The maximum absolute atomic E-state index is 11.8. The van der Waals surface area contributed by atoms with Crippen molar-refractivity contribution in [1.82, 2.24) is 10.3 Å². The molecule has 2 heterocycles. The van der Waals surface area contributed by atoms with Gasteiger partial charge in [0.15, 0.2) is 0 Å². The summed E-state index contributed by atoms with van der Waals surface area (Å²) in [4.78, 5) is 20.3. The molecule has 0 amide bonds. The number of hydrogen-bond donors (Lipinski definition) is 1. The number of rotatable bonds is 6. The topological polar surface area (TPSA) is 80.4 Å². The first-order valence-corrected chi connectivity index (χ1v) is 8.55. The van der Waals surface area contributed by atoms with Crippen molar-refractivity contribution in [2.24, 2.45) is 4.99 Å². The predicted octanol–water partition coefficient (Wildman–Crippen LogP) is 3.66. The molecular weight excluding hydrogens is 348 g/mol. The first kappa shape index (κ1) is 18.1. The average Bonchev–Trinajstić information content (AvgIpc) is 3.09. The fourth-order valence-electron chi connectivity index (χ4n) is 2.23. The minimum atomic E-state index is -0.386. The van der Waals surface area contributed by atoms with Crippen LogP contribution in [0.15, 0.2) is 46.5 Å². The van der Waals surface area contributed by atoms with Crippen molar-refractivity contribution in [3.63, 3.8) is 0 Å². The van der Waals surface area contributed by atoms with Gasteiger partial charge in [0, 0.05) is 31.1 Å². The molecule has 0 saturated heterocycles. The van der Waals surface area contributed by atoms with Crippen molar-refractivity contribution in [1.29, 1.82) is 0 Å². The number of aliphatic imine (C=N–C) groups is 1. The monoisotopic (exact) mass is 364 g/mol. The van der Waals surface area contributed by atoms with Gasteiger partial charge in [-0.05, 0) is 30.0 Å². The number of halogens is 1.